The standard InChI is InChI=1S/C16H17NO6/c1-17-7-9(10-4-2-3-5-11(10)17)6-15(20)14(19)23-13-12(18)8-22-16(13,15)21/h2-5,7,12-13,18,20-21H,6,8H2,1H3/t12-,13+,15+,16-/m0/s1. The maximum absolute atomic E-state index is 12.2. The predicted molar refractivity (Wildman–Crippen MR) is 78.4 cm³/mol. The van der Waals surface area contributed by atoms with Crippen LogP contribution in [0.15, 0.2) is 30.5 Å². The first kappa shape index (κ1) is 14.6. The van der Waals surface area contributed by atoms with Crippen LogP contribution in [0.2, 0.25) is 0 Å². The molecule has 122 valence electrons. The number of rotatable bonds is 2. The highest BCUT2D eigenvalue weighted by Crippen LogP contribution is 2.45. The molecule has 0 radical (unpaired) electrons. The fourth-order valence-corrected chi connectivity index (χ4v) is 3.56. The number of aliphatic hydroxyl groups is 3. The summed E-state index contributed by atoms with van der Waals surface area (Å²) in [5.41, 5.74) is -0.644. The van der Waals surface area contributed by atoms with Crippen molar-refractivity contribution in [2.75, 3.05) is 6.61 Å². The SMILES string of the molecule is Cn1cc(C[C@@]2(O)C(=O)O[C@@H]3[C@@H](O)CO[C@@]32O)c2ccccc21. The van der Waals surface area contributed by atoms with E-state index in [0.717, 1.165) is 10.9 Å². The highest BCUT2D eigenvalue weighted by molar-refractivity contribution is 5.88. The average molecular weight is 319 g/mol. The second-order valence-electron chi connectivity index (χ2n) is 6.22. The van der Waals surface area contributed by atoms with Gasteiger partial charge in [0, 0.05) is 30.6 Å². The number of esters is 1. The van der Waals surface area contributed by atoms with Crippen molar-refractivity contribution in [1.82, 2.24) is 4.57 Å². The molecule has 23 heavy (non-hydrogen) atoms. The molecule has 2 aliphatic rings. The Morgan fingerprint density at radius 1 is 1.35 bits per heavy atom. The molecule has 2 aromatic rings. The summed E-state index contributed by atoms with van der Waals surface area (Å²) in [4.78, 5) is 12.2. The number of hydrogen-bond donors (Lipinski definition) is 3. The van der Waals surface area contributed by atoms with Crippen LogP contribution in [0.1, 0.15) is 5.56 Å². The zero-order chi connectivity index (χ0) is 16.4. The Hall–Kier alpha value is -1.93. The van der Waals surface area contributed by atoms with Crippen LogP contribution in [0, 0.1) is 0 Å². The average Bonchev–Trinajstić information content (AvgIpc) is 3.06. The molecule has 7 heteroatoms. The van der Waals surface area contributed by atoms with Crippen LogP contribution in [-0.2, 0) is 27.7 Å². The number of para-hydroxylation sites is 1. The molecule has 2 aliphatic heterocycles. The smallest absolute Gasteiger partial charge is 0.344 e. The molecule has 7 nitrogen and oxygen atoms in total. The maximum atomic E-state index is 12.2. The Morgan fingerprint density at radius 3 is 2.87 bits per heavy atom. The van der Waals surface area contributed by atoms with Crippen LogP contribution >= 0.6 is 0 Å². The van der Waals surface area contributed by atoms with E-state index in [-0.39, 0.29) is 13.0 Å². The number of aromatic nitrogens is 1. The van der Waals surface area contributed by atoms with Crippen LogP contribution in [0.4, 0.5) is 0 Å². The molecule has 4 rings (SSSR count). The Labute approximate surface area is 131 Å². The van der Waals surface area contributed by atoms with E-state index >= 15 is 0 Å². The number of ether oxygens (including phenoxy) is 2. The summed E-state index contributed by atoms with van der Waals surface area (Å²) in [5, 5.41) is 32.1. The highest BCUT2D eigenvalue weighted by atomic mass is 16.7. The van der Waals surface area contributed by atoms with Crippen molar-refractivity contribution < 1.29 is 29.6 Å². The van der Waals surface area contributed by atoms with Crippen molar-refractivity contribution in [1.29, 1.82) is 0 Å². The van der Waals surface area contributed by atoms with E-state index in [2.05, 4.69) is 0 Å². The summed E-state index contributed by atoms with van der Waals surface area (Å²) in [5.74, 6) is -3.24. The van der Waals surface area contributed by atoms with Gasteiger partial charge in [-0.3, -0.25) is 0 Å². The summed E-state index contributed by atoms with van der Waals surface area (Å²) in [6.07, 6.45) is -0.828. The second kappa shape index (κ2) is 4.55. The Balaban J connectivity index is 1.79. The Bertz CT molecular complexity index is 801. The van der Waals surface area contributed by atoms with E-state index in [9.17, 15) is 20.1 Å². The summed E-state index contributed by atoms with van der Waals surface area (Å²) in [6, 6.07) is 7.55. The lowest BCUT2D eigenvalue weighted by Crippen LogP contribution is -2.59. The van der Waals surface area contributed by atoms with E-state index in [4.69, 9.17) is 9.47 Å². The first-order valence-corrected chi connectivity index (χ1v) is 7.37. The van der Waals surface area contributed by atoms with Crippen molar-refractivity contribution in [3.05, 3.63) is 36.0 Å². The van der Waals surface area contributed by atoms with Crippen molar-refractivity contribution in [2.24, 2.45) is 7.05 Å². The Kier molecular flexibility index (Phi) is 2.90. The third kappa shape index (κ3) is 1.76. The Morgan fingerprint density at radius 2 is 2.09 bits per heavy atom. The largest absolute Gasteiger partial charge is 0.451 e. The monoisotopic (exact) mass is 319 g/mol. The molecule has 4 atom stereocenters. The van der Waals surface area contributed by atoms with Gasteiger partial charge in [-0.1, -0.05) is 18.2 Å². The minimum Gasteiger partial charge on any atom is -0.451 e. The van der Waals surface area contributed by atoms with E-state index in [1.807, 2.05) is 35.9 Å². The van der Waals surface area contributed by atoms with Gasteiger partial charge in [0.15, 0.2) is 6.10 Å². The van der Waals surface area contributed by atoms with Crippen LogP contribution in [0.3, 0.4) is 0 Å². The molecule has 0 amide bonds. The molecular weight excluding hydrogens is 302 g/mol. The van der Waals surface area contributed by atoms with Crippen LogP contribution in [0.25, 0.3) is 10.9 Å². The lowest BCUT2D eigenvalue weighted by molar-refractivity contribution is -0.262. The number of aliphatic hydroxyl groups excluding tert-OH is 1. The molecule has 0 bridgehead atoms. The van der Waals surface area contributed by atoms with Gasteiger partial charge in [-0.2, -0.15) is 0 Å². The molecule has 3 heterocycles. The van der Waals surface area contributed by atoms with Gasteiger partial charge in [-0.25, -0.2) is 4.79 Å². The summed E-state index contributed by atoms with van der Waals surface area (Å²) >= 11 is 0. The van der Waals surface area contributed by atoms with E-state index < -0.39 is 29.6 Å². The van der Waals surface area contributed by atoms with Crippen molar-refractivity contribution in [2.45, 2.75) is 30.0 Å². The third-order valence-electron chi connectivity index (χ3n) is 4.80. The van der Waals surface area contributed by atoms with E-state index in [1.54, 1.807) is 6.20 Å². The van der Waals surface area contributed by atoms with Gasteiger partial charge in [-0.05, 0) is 11.6 Å². The van der Waals surface area contributed by atoms with Crippen molar-refractivity contribution in [3.63, 3.8) is 0 Å². The lowest BCUT2D eigenvalue weighted by atomic mass is 9.85. The fourth-order valence-electron chi connectivity index (χ4n) is 3.56. The molecule has 0 saturated carbocycles. The van der Waals surface area contributed by atoms with Crippen molar-refractivity contribution >= 4 is 16.9 Å². The van der Waals surface area contributed by atoms with Gasteiger partial charge in [0.1, 0.15) is 6.10 Å². The number of benzene rings is 1. The first-order chi connectivity index (χ1) is 10.9. The normalized spacial score (nSPS) is 36.4. The van der Waals surface area contributed by atoms with Gasteiger partial charge in [0.25, 0.3) is 0 Å². The predicted octanol–water partition coefficient (Wildman–Crippen LogP) is -0.543. The third-order valence-corrected chi connectivity index (χ3v) is 4.80. The number of hydrogen-bond acceptors (Lipinski definition) is 6. The van der Waals surface area contributed by atoms with Crippen LogP contribution < -0.4 is 0 Å². The van der Waals surface area contributed by atoms with Gasteiger partial charge in [-0.15, -0.1) is 0 Å². The zero-order valence-electron chi connectivity index (χ0n) is 12.5. The minimum absolute atomic E-state index is 0.174. The van der Waals surface area contributed by atoms with E-state index in [1.165, 1.54) is 0 Å². The molecule has 1 aromatic heterocycles. The molecule has 0 unspecified atom stereocenters. The number of aryl methyl sites for hydroxylation is 1. The van der Waals surface area contributed by atoms with Gasteiger partial charge >= 0.3 is 5.97 Å². The highest BCUT2D eigenvalue weighted by Gasteiger charge is 2.73. The maximum Gasteiger partial charge on any atom is 0.344 e. The fraction of sp³-hybridized carbons (Fsp3) is 0.438. The minimum atomic E-state index is -2.26. The molecular formula is C16H17NO6. The quantitative estimate of drug-likeness (QED) is 0.643. The van der Waals surface area contributed by atoms with Crippen molar-refractivity contribution in [3.8, 4) is 0 Å². The number of fused-ring (bicyclic) bond motifs is 2. The van der Waals surface area contributed by atoms with Crippen LogP contribution in [0.5, 0.6) is 0 Å². The van der Waals surface area contributed by atoms with E-state index in [0.29, 0.717) is 5.56 Å². The van der Waals surface area contributed by atoms with Gasteiger partial charge in [0.05, 0.1) is 6.61 Å². The molecule has 0 spiro atoms. The van der Waals surface area contributed by atoms with Gasteiger partial charge in [0.2, 0.25) is 11.4 Å². The summed E-state index contributed by atoms with van der Waals surface area (Å²) in [6.45, 7) is -0.202. The number of nitrogens with zero attached hydrogens (tertiary/aromatic N) is 1. The molecule has 1 aromatic carbocycles. The zero-order valence-corrected chi connectivity index (χ0v) is 12.5. The number of carbonyl (C=O) groups excluding carboxylic acids is 1. The second-order valence-corrected chi connectivity index (χ2v) is 6.22. The molecule has 2 fully saturated rings. The summed E-state index contributed by atoms with van der Waals surface area (Å²) < 4.78 is 12.0. The molecule has 3 N–H and O–H groups in total. The summed E-state index contributed by atoms with van der Waals surface area (Å²) in [7, 11) is 1.86. The lowest BCUT2D eigenvalue weighted by Gasteiger charge is -2.31. The molecule has 2 saturated heterocycles. The van der Waals surface area contributed by atoms with Crippen LogP contribution in [-0.4, -0.2) is 56.1 Å². The van der Waals surface area contributed by atoms with Gasteiger partial charge < -0.3 is 29.4 Å². The molecule has 0 aliphatic carbocycles. The number of carbonyl (C=O) groups is 1. The topological polar surface area (TPSA) is 101 Å². The first-order valence-electron chi connectivity index (χ1n) is 7.37.